The van der Waals surface area contributed by atoms with Crippen LogP contribution in [0.1, 0.15) is 6.42 Å². The summed E-state index contributed by atoms with van der Waals surface area (Å²) in [5, 5.41) is 13.4. The molecule has 0 atom stereocenters. The zero-order valence-corrected chi connectivity index (χ0v) is 12.0. The minimum atomic E-state index is -0.330. The summed E-state index contributed by atoms with van der Waals surface area (Å²) in [6.07, 6.45) is 2.22. The van der Waals surface area contributed by atoms with E-state index >= 15 is 0 Å². The molecule has 0 bridgehead atoms. The highest BCUT2D eigenvalue weighted by Crippen LogP contribution is 2.31. The third kappa shape index (κ3) is 3.11. The monoisotopic (exact) mass is 303 g/mol. The van der Waals surface area contributed by atoms with Gasteiger partial charge in [0, 0.05) is 18.3 Å². The highest BCUT2D eigenvalue weighted by Gasteiger charge is 2.07. The summed E-state index contributed by atoms with van der Waals surface area (Å²) in [7, 11) is 0. The van der Waals surface area contributed by atoms with E-state index in [0.717, 1.165) is 26.6 Å². The van der Waals surface area contributed by atoms with Crippen LogP contribution in [0.2, 0.25) is 0 Å². The van der Waals surface area contributed by atoms with Gasteiger partial charge in [-0.1, -0.05) is 0 Å². The van der Waals surface area contributed by atoms with Crippen molar-refractivity contribution < 1.29 is 9.50 Å². The van der Waals surface area contributed by atoms with E-state index in [1.165, 1.54) is 11.3 Å². The third-order valence-corrected chi connectivity index (χ3v) is 4.07. The van der Waals surface area contributed by atoms with E-state index in [-0.39, 0.29) is 12.4 Å². The number of benzene rings is 1. The molecular weight excluding hydrogens is 289 g/mol. The number of phenolic OH excluding ortho intramolecular Hbond substituents is 1. The Morgan fingerprint density at radius 3 is 2.90 bits per heavy atom. The van der Waals surface area contributed by atoms with Gasteiger partial charge in [0.05, 0.1) is 16.9 Å². The molecule has 6 heteroatoms. The minimum Gasteiger partial charge on any atom is -0.508 e. The van der Waals surface area contributed by atoms with Gasteiger partial charge in [0.25, 0.3) is 0 Å². The Morgan fingerprint density at radius 1 is 1.24 bits per heavy atom. The average Bonchev–Trinajstić information content (AvgIpc) is 2.91. The fourth-order valence-corrected chi connectivity index (χ4v) is 2.93. The summed E-state index contributed by atoms with van der Waals surface area (Å²) in [4.78, 5) is 8.82. The first kappa shape index (κ1) is 13.8. The van der Waals surface area contributed by atoms with E-state index in [0.29, 0.717) is 13.0 Å². The quantitative estimate of drug-likeness (QED) is 0.703. The van der Waals surface area contributed by atoms with Gasteiger partial charge in [-0.05, 0) is 36.8 Å². The maximum Gasteiger partial charge on any atom is 0.126 e. The van der Waals surface area contributed by atoms with Crippen molar-refractivity contribution in [2.75, 3.05) is 18.5 Å². The number of anilines is 1. The van der Waals surface area contributed by atoms with Gasteiger partial charge < -0.3 is 10.4 Å². The molecule has 4 nitrogen and oxygen atoms in total. The number of rotatable bonds is 5. The third-order valence-electron chi connectivity index (χ3n) is 3.00. The molecule has 3 rings (SSSR count). The van der Waals surface area contributed by atoms with E-state index in [1.54, 1.807) is 24.4 Å². The summed E-state index contributed by atoms with van der Waals surface area (Å²) in [5.41, 5.74) is 1.78. The van der Waals surface area contributed by atoms with Crippen molar-refractivity contribution in [3.63, 3.8) is 0 Å². The number of alkyl halides is 1. The van der Waals surface area contributed by atoms with E-state index in [2.05, 4.69) is 15.3 Å². The van der Waals surface area contributed by atoms with Crippen LogP contribution >= 0.6 is 11.3 Å². The lowest BCUT2D eigenvalue weighted by molar-refractivity contribution is 0.476. The standard InChI is InChI=1S/C15H14FN3OS/c16-6-1-7-17-14-5-2-10(9-18-14)15-19-12-4-3-11(20)8-13(12)21-15/h2-5,8-9,20H,1,6-7H2,(H,17,18). The fraction of sp³-hybridized carbons (Fsp3) is 0.200. The molecule has 108 valence electrons. The Hall–Kier alpha value is -2.21. The molecule has 0 spiro atoms. The van der Waals surface area contributed by atoms with Crippen molar-refractivity contribution in [3.05, 3.63) is 36.5 Å². The van der Waals surface area contributed by atoms with Gasteiger partial charge >= 0.3 is 0 Å². The van der Waals surface area contributed by atoms with Crippen molar-refractivity contribution >= 4 is 27.4 Å². The molecule has 2 heterocycles. The van der Waals surface area contributed by atoms with Gasteiger partial charge in [-0.2, -0.15) is 0 Å². The van der Waals surface area contributed by atoms with E-state index in [1.807, 2.05) is 12.1 Å². The maximum atomic E-state index is 12.0. The highest BCUT2D eigenvalue weighted by atomic mass is 32.1. The number of nitrogens with zero attached hydrogens (tertiary/aromatic N) is 2. The van der Waals surface area contributed by atoms with Crippen LogP contribution in [0.5, 0.6) is 5.75 Å². The number of hydrogen-bond acceptors (Lipinski definition) is 5. The summed E-state index contributed by atoms with van der Waals surface area (Å²) in [6.45, 7) is 0.243. The molecule has 0 saturated heterocycles. The number of halogens is 1. The Labute approximate surface area is 125 Å². The first-order chi connectivity index (χ1) is 10.3. The smallest absolute Gasteiger partial charge is 0.126 e. The number of hydrogen-bond donors (Lipinski definition) is 2. The number of fused-ring (bicyclic) bond motifs is 1. The molecule has 0 unspecified atom stereocenters. The Morgan fingerprint density at radius 2 is 2.14 bits per heavy atom. The number of phenols is 1. The van der Waals surface area contributed by atoms with Crippen molar-refractivity contribution in [1.82, 2.24) is 9.97 Å². The molecule has 0 amide bonds. The Balaban J connectivity index is 1.81. The number of pyridine rings is 1. The predicted octanol–water partition coefficient (Wildman–Crippen LogP) is 3.84. The van der Waals surface area contributed by atoms with E-state index < -0.39 is 0 Å². The largest absolute Gasteiger partial charge is 0.508 e. The molecule has 0 radical (unpaired) electrons. The highest BCUT2D eigenvalue weighted by molar-refractivity contribution is 7.21. The minimum absolute atomic E-state index is 0.239. The van der Waals surface area contributed by atoms with Crippen LogP contribution in [-0.4, -0.2) is 28.3 Å². The number of thiazole rings is 1. The van der Waals surface area contributed by atoms with Crippen LogP contribution in [0, 0.1) is 0 Å². The van der Waals surface area contributed by atoms with Gasteiger partial charge in [0.2, 0.25) is 0 Å². The zero-order chi connectivity index (χ0) is 14.7. The first-order valence-electron chi connectivity index (χ1n) is 6.62. The number of aromatic nitrogens is 2. The lowest BCUT2D eigenvalue weighted by Crippen LogP contribution is -2.03. The van der Waals surface area contributed by atoms with Crippen molar-refractivity contribution in [3.8, 4) is 16.3 Å². The van der Waals surface area contributed by atoms with Crippen LogP contribution in [0.3, 0.4) is 0 Å². The van der Waals surface area contributed by atoms with Crippen LogP contribution < -0.4 is 5.32 Å². The van der Waals surface area contributed by atoms with Crippen LogP contribution in [0.4, 0.5) is 10.2 Å². The second-order valence-electron chi connectivity index (χ2n) is 4.57. The fourth-order valence-electron chi connectivity index (χ4n) is 1.94. The van der Waals surface area contributed by atoms with Crippen molar-refractivity contribution in [1.29, 1.82) is 0 Å². The molecule has 3 aromatic rings. The van der Waals surface area contributed by atoms with Gasteiger partial charge in [-0.3, -0.25) is 4.39 Å². The topological polar surface area (TPSA) is 58.0 Å². The SMILES string of the molecule is Oc1ccc2nc(-c3ccc(NCCCF)nc3)sc2c1. The van der Waals surface area contributed by atoms with Gasteiger partial charge in [0.1, 0.15) is 16.6 Å². The van der Waals surface area contributed by atoms with E-state index in [4.69, 9.17) is 0 Å². The molecule has 0 aliphatic rings. The zero-order valence-electron chi connectivity index (χ0n) is 11.2. The van der Waals surface area contributed by atoms with Gasteiger partial charge in [-0.15, -0.1) is 11.3 Å². The Bertz CT molecular complexity index is 742. The Kier molecular flexibility index (Phi) is 3.96. The summed E-state index contributed by atoms with van der Waals surface area (Å²) in [5.74, 6) is 0.967. The number of aromatic hydroxyl groups is 1. The lowest BCUT2D eigenvalue weighted by atomic mass is 10.3. The number of nitrogens with one attached hydrogen (secondary N) is 1. The maximum absolute atomic E-state index is 12.0. The van der Waals surface area contributed by atoms with E-state index in [9.17, 15) is 9.50 Å². The first-order valence-corrected chi connectivity index (χ1v) is 7.44. The molecule has 2 N–H and O–H groups in total. The normalized spacial score (nSPS) is 10.9. The average molecular weight is 303 g/mol. The van der Waals surface area contributed by atoms with Gasteiger partial charge in [-0.25, -0.2) is 9.97 Å². The summed E-state index contributed by atoms with van der Waals surface area (Å²) < 4.78 is 13.0. The van der Waals surface area contributed by atoms with Crippen molar-refractivity contribution in [2.45, 2.75) is 6.42 Å². The van der Waals surface area contributed by atoms with Gasteiger partial charge in [0.15, 0.2) is 0 Å². The molecule has 0 saturated carbocycles. The molecule has 1 aromatic carbocycles. The second kappa shape index (κ2) is 6.05. The molecule has 2 aromatic heterocycles. The van der Waals surface area contributed by atoms with Crippen LogP contribution in [-0.2, 0) is 0 Å². The predicted molar refractivity (Wildman–Crippen MR) is 83.6 cm³/mol. The van der Waals surface area contributed by atoms with Crippen LogP contribution in [0.15, 0.2) is 36.5 Å². The summed E-state index contributed by atoms with van der Waals surface area (Å²) >= 11 is 1.51. The van der Waals surface area contributed by atoms with Crippen LogP contribution in [0.25, 0.3) is 20.8 Å². The molecule has 0 aliphatic heterocycles. The lowest BCUT2D eigenvalue weighted by Gasteiger charge is -2.03. The van der Waals surface area contributed by atoms with Crippen molar-refractivity contribution in [2.24, 2.45) is 0 Å². The molecule has 21 heavy (non-hydrogen) atoms. The summed E-state index contributed by atoms with van der Waals surface area (Å²) in [6, 6.07) is 8.92. The second-order valence-corrected chi connectivity index (χ2v) is 5.60. The molecule has 0 fully saturated rings. The molecular formula is C15H14FN3OS. The molecule has 0 aliphatic carbocycles.